The Morgan fingerprint density at radius 1 is 1.16 bits per heavy atom. The first kappa shape index (κ1) is 15.2. The number of halogens is 3. The van der Waals surface area contributed by atoms with E-state index in [1.54, 1.807) is 6.07 Å². The molecule has 1 N–H and O–H groups in total. The maximum Gasteiger partial charge on any atom is 0.150 e. The molecule has 0 aliphatic heterocycles. The first-order valence-corrected chi connectivity index (χ1v) is 7.90. The molecule has 1 aliphatic rings. The molecule has 1 aliphatic carbocycles. The van der Waals surface area contributed by atoms with E-state index in [0.29, 0.717) is 38.9 Å². The lowest BCUT2D eigenvalue weighted by Gasteiger charge is -2.35. The molecule has 1 heterocycles. The summed E-state index contributed by atoms with van der Waals surface area (Å²) in [5, 5.41) is 4.68. The van der Waals surface area contributed by atoms with Crippen LogP contribution in [0.1, 0.15) is 39.5 Å². The molecule has 0 spiro atoms. The standard InChI is InChI=1S/C14H19Cl3N2/c1-8(2)9-5-3-4-6-12(9)18-14-11(16)7-10(15)13(17)19-14/h7-9,12H,3-6H2,1-2H3,(H,18,19). The van der Waals surface area contributed by atoms with Crippen LogP contribution in [0.5, 0.6) is 0 Å². The van der Waals surface area contributed by atoms with Gasteiger partial charge in [-0.05, 0) is 30.7 Å². The molecule has 1 aromatic heterocycles. The molecule has 1 aromatic rings. The van der Waals surface area contributed by atoms with Crippen LogP contribution < -0.4 is 5.32 Å². The van der Waals surface area contributed by atoms with Crippen molar-refractivity contribution in [1.29, 1.82) is 0 Å². The van der Waals surface area contributed by atoms with Gasteiger partial charge in [-0.3, -0.25) is 0 Å². The molecule has 19 heavy (non-hydrogen) atoms. The molecule has 5 heteroatoms. The van der Waals surface area contributed by atoms with Gasteiger partial charge in [-0.15, -0.1) is 0 Å². The molecule has 2 nitrogen and oxygen atoms in total. The number of aromatic nitrogens is 1. The summed E-state index contributed by atoms with van der Waals surface area (Å²) in [6.07, 6.45) is 4.97. The summed E-state index contributed by atoms with van der Waals surface area (Å²) in [7, 11) is 0. The highest BCUT2D eigenvalue weighted by atomic mass is 35.5. The molecule has 0 aromatic carbocycles. The van der Waals surface area contributed by atoms with Gasteiger partial charge in [-0.1, -0.05) is 61.5 Å². The van der Waals surface area contributed by atoms with E-state index in [9.17, 15) is 0 Å². The summed E-state index contributed by atoms with van der Waals surface area (Å²) >= 11 is 18.0. The van der Waals surface area contributed by atoms with Crippen molar-refractivity contribution in [2.24, 2.45) is 11.8 Å². The first-order chi connectivity index (χ1) is 8.99. The zero-order valence-corrected chi connectivity index (χ0v) is 13.5. The Morgan fingerprint density at radius 3 is 2.53 bits per heavy atom. The Balaban J connectivity index is 2.17. The van der Waals surface area contributed by atoms with Crippen LogP contribution >= 0.6 is 34.8 Å². The van der Waals surface area contributed by atoms with E-state index >= 15 is 0 Å². The lowest BCUT2D eigenvalue weighted by atomic mass is 9.78. The number of nitrogens with one attached hydrogen (secondary N) is 1. The number of hydrogen-bond donors (Lipinski definition) is 1. The summed E-state index contributed by atoms with van der Waals surface area (Å²) < 4.78 is 0. The van der Waals surface area contributed by atoms with Crippen molar-refractivity contribution in [2.75, 3.05) is 5.32 Å². The normalized spacial score (nSPS) is 23.7. The van der Waals surface area contributed by atoms with Crippen LogP contribution in [0.2, 0.25) is 15.2 Å². The lowest BCUT2D eigenvalue weighted by molar-refractivity contribution is 0.253. The van der Waals surface area contributed by atoms with Crippen molar-refractivity contribution in [1.82, 2.24) is 4.98 Å². The first-order valence-electron chi connectivity index (χ1n) is 6.77. The van der Waals surface area contributed by atoms with Crippen LogP contribution in [0.4, 0.5) is 5.82 Å². The van der Waals surface area contributed by atoms with Crippen LogP contribution in [0, 0.1) is 11.8 Å². The Morgan fingerprint density at radius 2 is 1.84 bits per heavy atom. The number of nitrogens with zero attached hydrogens (tertiary/aromatic N) is 1. The van der Waals surface area contributed by atoms with Crippen LogP contribution in [-0.4, -0.2) is 11.0 Å². The van der Waals surface area contributed by atoms with Gasteiger partial charge in [0.25, 0.3) is 0 Å². The Hall–Kier alpha value is -0.180. The summed E-state index contributed by atoms with van der Waals surface area (Å²) in [6.45, 7) is 4.54. The van der Waals surface area contributed by atoms with Gasteiger partial charge in [-0.2, -0.15) is 0 Å². The average Bonchev–Trinajstić information content (AvgIpc) is 2.36. The van der Waals surface area contributed by atoms with Gasteiger partial charge in [0, 0.05) is 6.04 Å². The van der Waals surface area contributed by atoms with E-state index in [1.807, 2.05) is 0 Å². The predicted molar refractivity (Wildman–Crippen MR) is 83.5 cm³/mol. The van der Waals surface area contributed by atoms with Crippen LogP contribution in [0.15, 0.2) is 6.07 Å². The minimum Gasteiger partial charge on any atom is -0.366 e. The lowest BCUT2D eigenvalue weighted by Crippen LogP contribution is -2.35. The predicted octanol–water partition coefficient (Wildman–Crippen LogP) is 5.67. The molecule has 2 unspecified atom stereocenters. The third-order valence-electron chi connectivity index (χ3n) is 3.88. The number of pyridine rings is 1. The smallest absolute Gasteiger partial charge is 0.150 e. The molecular formula is C14H19Cl3N2. The van der Waals surface area contributed by atoms with E-state index in [2.05, 4.69) is 24.1 Å². The van der Waals surface area contributed by atoms with E-state index in [-0.39, 0.29) is 0 Å². The van der Waals surface area contributed by atoms with Crippen LogP contribution in [-0.2, 0) is 0 Å². The largest absolute Gasteiger partial charge is 0.366 e. The third kappa shape index (κ3) is 3.68. The van der Waals surface area contributed by atoms with Gasteiger partial charge in [-0.25, -0.2) is 4.98 Å². The second-order valence-corrected chi connectivity index (χ2v) is 6.71. The fourth-order valence-electron chi connectivity index (χ4n) is 2.86. The van der Waals surface area contributed by atoms with E-state index in [1.165, 1.54) is 19.3 Å². The number of rotatable bonds is 3. The fourth-order valence-corrected chi connectivity index (χ4v) is 3.41. The van der Waals surface area contributed by atoms with Gasteiger partial charge in [0.2, 0.25) is 0 Å². The topological polar surface area (TPSA) is 24.9 Å². The van der Waals surface area contributed by atoms with Crippen molar-refractivity contribution >= 4 is 40.6 Å². The average molecular weight is 322 g/mol. The monoisotopic (exact) mass is 320 g/mol. The second kappa shape index (κ2) is 6.51. The molecule has 0 amide bonds. The summed E-state index contributed by atoms with van der Waals surface area (Å²) in [6, 6.07) is 2.06. The van der Waals surface area contributed by atoms with Gasteiger partial charge in [0.05, 0.1) is 10.0 Å². The molecule has 2 atom stereocenters. The summed E-state index contributed by atoms with van der Waals surface area (Å²) in [4.78, 5) is 4.25. The number of anilines is 1. The zero-order chi connectivity index (χ0) is 14.0. The summed E-state index contributed by atoms with van der Waals surface area (Å²) in [5.41, 5.74) is 0. The van der Waals surface area contributed by atoms with Crippen LogP contribution in [0.3, 0.4) is 0 Å². The van der Waals surface area contributed by atoms with Crippen molar-refractivity contribution in [3.8, 4) is 0 Å². The molecule has 0 radical (unpaired) electrons. The van der Waals surface area contributed by atoms with E-state index < -0.39 is 0 Å². The molecule has 2 rings (SSSR count). The highest BCUT2D eigenvalue weighted by molar-refractivity contribution is 6.42. The number of hydrogen-bond acceptors (Lipinski definition) is 2. The molecule has 0 bridgehead atoms. The molecule has 1 fully saturated rings. The van der Waals surface area contributed by atoms with Gasteiger partial charge < -0.3 is 5.32 Å². The maximum atomic E-state index is 6.18. The van der Waals surface area contributed by atoms with Crippen molar-refractivity contribution in [3.05, 3.63) is 21.3 Å². The highest BCUT2D eigenvalue weighted by Gasteiger charge is 2.28. The Bertz CT molecular complexity index is 449. The van der Waals surface area contributed by atoms with E-state index in [0.717, 1.165) is 6.42 Å². The molecule has 106 valence electrons. The van der Waals surface area contributed by atoms with Crippen molar-refractivity contribution in [3.63, 3.8) is 0 Å². The van der Waals surface area contributed by atoms with Gasteiger partial charge in [0.1, 0.15) is 11.0 Å². The summed E-state index contributed by atoms with van der Waals surface area (Å²) in [5.74, 6) is 1.95. The van der Waals surface area contributed by atoms with Crippen LogP contribution in [0.25, 0.3) is 0 Å². The highest BCUT2D eigenvalue weighted by Crippen LogP contribution is 2.35. The zero-order valence-electron chi connectivity index (χ0n) is 11.2. The molecule has 1 saturated carbocycles. The van der Waals surface area contributed by atoms with Gasteiger partial charge in [0.15, 0.2) is 0 Å². The minimum atomic E-state index is 0.297. The van der Waals surface area contributed by atoms with Gasteiger partial charge >= 0.3 is 0 Å². The third-order valence-corrected chi connectivity index (χ3v) is 4.85. The second-order valence-electron chi connectivity index (χ2n) is 5.53. The SMILES string of the molecule is CC(C)C1CCCCC1Nc1nc(Cl)c(Cl)cc1Cl. The Kier molecular flexibility index (Phi) is 5.22. The fraction of sp³-hybridized carbons (Fsp3) is 0.643. The minimum absolute atomic E-state index is 0.297. The molecule has 0 saturated heterocycles. The molecular weight excluding hydrogens is 303 g/mol. The van der Waals surface area contributed by atoms with E-state index in [4.69, 9.17) is 34.8 Å². The maximum absolute atomic E-state index is 6.18. The Labute approximate surface area is 129 Å². The van der Waals surface area contributed by atoms with Crippen molar-refractivity contribution in [2.45, 2.75) is 45.6 Å². The van der Waals surface area contributed by atoms with Crippen molar-refractivity contribution < 1.29 is 0 Å². The quantitative estimate of drug-likeness (QED) is 0.726.